The molecule has 0 saturated carbocycles. The van der Waals surface area contributed by atoms with Crippen molar-refractivity contribution in [3.8, 4) is 0 Å². The summed E-state index contributed by atoms with van der Waals surface area (Å²) in [7, 11) is 0. The fraction of sp³-hybridized carbons (Fsp3) is 0.526. The van der Waals surface area contributed by atoms with Crippen molar-refractivity contribution < 1.29 is 19.1 Å². The molecule has 1 aromatic rings. The van der Waals surface area contributed by atoms with Crippen LogP contribution in [0.15, 0.2) is 18.2 Å². The van der Waals surface area contributed by atoms with Crippen LogP contribution in [-0.4, -0.2) is 48.0 Å². The van der Waals surface area contributed by atoms with Gasteiger partial charge in [0.2, 0.25) is 5.91 Å². The van der Waals surface area contributed by atoms with Crippen LogP contribution in [0.5, 0.6) is 0 Å². The normalized spacial score (nSPS) is 17.9. The van der Waals surface area contributed by atoms with E-state index < -0.39 is 5.66 Å². The second-order valence-electron chi connectivity index (χ2n) is 6.84. The molecule has 7 nitrogen and oxygen atoms in total. The van der Waals surface area contributed by atoms with Gasteiger partial charge in [-0.25, -0.2) is 0 Å². The van der Waals surface area contributed by atoms with Crippen LogP contribution in [-0.2, 0) is 14.3 Å². The first-order valence-electron chi connectivity index (χ1n) is 9.08. The molecule has 2 amide bonds. The van der Waals surface area contributed by atoms with Gasteiger partial charge in [-0.2, -0.15) is 0 Å². The quantitative estimate of drug-likeness (QED) is 0.801. The molecule has 7 heteroatoms. The van der Waals surface area contributed by atoms with E-state index in [-0.39, 0.29) is 30.6 Å². The summed E-state index contributed by atoms with van der Waals surface area (Å²) in [6.07, 6.45) is 1.51. The monoisotopic (exact) mass is 359 g/mol. The summed E-state index contributed by atoms with van der Waals surface area (Å²) in [5.74, 6) is -0.473. The third-order valence-electron chi connectivity index (χ3n) is 5.05. The topological polar surface area (TPSA) is 87.7 Å². The van der Waals surface area contributed by atoms with Gasteiger partial charge in [-0.3, -0.25) is 14.4 Å². The fourth-order valence-corrected chi connectivity index (χ4v) is 3.57. The molecule has 0 bridgehead atoms. The highest BCUT2D eigenvalue weighted by atomic mass is 16.5. The third kappa shape index (κ3) is 3.66. The van der Waals surface area contributed by atoms with Crippen LogP contribution in [0.4, 0.5) is 5.69 Å². The molecule has 140 valence electrons. The summed E-state index contributed by atoms with van der Waals surface area (Å²) in [6, 6.07) is 5.66. The molecular weight excluding hydrogens is 334 g/mol. The van der Waals surface area contributed by atoms with E-state index in [2.05, 4.69) is 10.6 Å². The van der Waals surface area contributed by atoms with Gasteiger partial charge in [-0.15, -0.1) is 0 Å². The van der Waals surface area contributed by atoms with Crippen molar-refractivity contribution in [2.75, 3.05) is 25.0 Å². The minimum Gasteiger partial charge on any atom is -0.466 e. The Bertz CT molecular complexity index is 723. The number of carbonyl (C=O) groups is 3. The zero-order chi connectivity index (χ0) is 18.7. The molecule has 26 heavy (non-hydrogen) atoms. The van der Waals surface area contributed by atoms with Crippen molar-refractivity contribution in [1.29, 1.82) is 0 Å². The molecule has 1 saturated heterocycles. The van der Waals surface area contributed by atoms with Crippen LogP contribution < -0.4 is 10.6 Å². The van der Waals surface area contributed by atoms with E-state index >= 15 is 0 Å². The maximum atomic E-state index is 12.5. The number of piperidine rings is 1. The lowest BCUT2D eigenvalue weighted by atomic mass is 9.91. The molecular formula is C19H25N3O4. The predicted molar refractivity (Wildman–Crippen MR) is 96.7 cm³/mol. The maximum Gasteiger partial charge on any atom is 0.306 e. The first-order valence-corrected chi connectivity index (χ1v) is 9.08. The minimum absolute atomic E-state index is 0.0494. The highest BCUT2D eigenvalue weighted by Gasteiger charge is 2.41. The van der Waals surface area contributed by atoms with Crippen LogP contribution in [0.1, 0.15) is 48.5 Å². The van der Waals surface area contributed by atoms with Crippen molar-refractivity contribution in [2.24, 2.45) is 0 Å². The first-order chi connectivity index (χ1) is 12.4. The van der Waals surface area contributed by atoms with Crippen LogP contribution in [0.2, 0.25) is 0 Å². The molecule has 2 aliphatic heterocycles. The number of anilines is 1. The van der Waals surface area contributed by atoms with Gasteiger partial charge >= 0.3 is 5.97 Å². The molecule has 2 heterocycles. The number of fused-ring (bicyclic) bond motifs is 1. The number of benzene rings is 1. The van der Waals surface area contributed by atoms with Crippen LogP contribution >= 0.6 is 0 Å². The number of likely N-dealkylation sites (tertiary alicyclic amines) is 1. The first kappa shape index (κ1) is 18.2. The number of carbonyl (C=O) groups excluding carboxylic acids is 3. The number of rotatable bonds is 4. The van der Waals surface area contributed by atoms with Gasteiger partial charge in [-0.05, 0) is 25.5 Å². The molecule has 2 aliphatic rings. The van der Waals surface area contributed by atoms with E-state index in [1.54, 1.807) is 11.8 Å². The molecule has 2 N–H and O–H groups in total. The molecule has 1 spiro atoms. The number of para-hydroxylation sites is 1. The fourth-order valence-electron chi connectivity index (χ4n) is 3.57. The van der Waals surface area contributed by atoms with Crippen LogP contribution in [0.25, 0.3) is 0 Å². The Morgan fingerprint density at radius 3 is 2.62 bits per heavy atom. The van der Waals surface area contributed by atoms with E-state index in [0.29, 0.717) is 38.1 Å². The maximum absolute atomic E-state index is 12.5. The molecule has 0 aromatic heterocycles. The Hall–Kier alpha value is -2.57. The number of aryl methyl sites for hydroxylation is 1. The molecule has 0 radical (unpaired) electrons. The van der Waals surface area contributed by atoms with Gasteiger partial charge < -0.3 is 20.3 Å². The number of hydrogen-bond acceptors (Lipinski definition) is 5. The molecule has 1 fully saturated rings. The molecule has 0 aliphatic carbocycles. The van der Waals surface area contributed by atoms with Gasteiger partial charge in [-0.1, -0.05) is 12.1 Å². The smallest absolute Gasteiger partial charge is 0.306 e. The largest absolute Gasteiger partial charge is 0.466 e. The lowest BCUT2D eigenvalue weighted by Gasteiger charge is -2.46. The summed E-state index contributed by atoms with van der Waals surface area (Å²) in [6.45, 7) is 5.12. The lowest BCUT2D eigenvalue weighted by Crippen LogP contribution is -2.62. The highest BCUT2D eigenvalue weighted by Crippen LogP contribution is 2.33. The van der Waals surface area contributed by atoms with Gasteiger partial charge in [0, 0.05) is 32.4 Å². The van der Waals surface area contributed by atoms with E-state index in [1.807, 2.05) is 25.1 Å². The SMILES string of the molecule is CCOC(=O)CCC(=O)N1CCC2(CC1)NC(=O)c1cccc(C)c1N2. The average molecular weight is 359 g/mol. The summed E-state index contributed by atoms with van der Waals surface area (Å²) in [4.78, 5) is 38.0. The van der Waals surface area contributed by atoms with Gasteiger partial charge in [0.1, 0.15) is 5.66 Å². The zero-order valence-corrected chi connectivity index (χ0v) is 15.3. The highest BCUT2D eigenvalue weighted by molar-refractivity contribution is 6.02. The van der Waals surface area contributed by atoms with Crippen molar-refractivity contribution >= 4 is 23.5 Å². The summed E-state index contributed by atoms with van der Waals surface area (Å²) >= 11 is 0. The number of hydrogen-bond donors (Lipinski definition) is 2. The van der Waals surface area contributed by atoms with E-state index in [0.717, 1.165) is 11.3 Å². The van der Waals surface area contributed by atoms with Crippen molar-refractivity contribution in [3.63, 3.8) is 0 Å². The minimum atomic E-state index is -0.520. The van der Waals surface area contributed by atoms with Crippen LogP contribution in [0, 0.1) is 6.92 Å². The van der Waals surface area contributed by atoms with Crippen molar-refractivity contribution in [3.05, 3.63) is 29.3 Å². The molecule has 0 unspecified atom stereocenters. The second-order valence-corrected chi connectivity index (χ2v) is 6.84. The Labute approximate surface area is 153 Å². The van der Waals surface area contributed by atoms with Crippen molar-refractivity contribution in [1.82, 2.24) is 10.2 Å². The zero-order valence-electron chi connectivity index (χ0n) is 15.3. The summed E-state index contributed by atoms with van der Waals surface area (Å²) < 4.78 is 4.86. The van der Waals surface area contributed by atoms with Gasteiger partial charge in [0.05, 0.1) is 24.3 Å². The average Bonchev–Trinajstić information content (AvgIpc) is 2.62. The summed E-state index contributed by atoms with van der Waals surface area (Å²) in [5, 5.41) is 6.57. The Morgan fingerprint density at radius 1 is 1.19 bits per heavy atom. The van der Waals surface area contributed by atoms with E-state index in [1.165, 1.54) is 0 Å². The number of nitrogens with zero attached hydrogens (tertiary/aromatic N) is 1. The predicted octanol–water partition coefficient (Wildman–Crippen LogP) is 1.81. The van der Waals surface area contributed by atoms with Crippen molar-refractivity contribution in [2.45, 2.75) is 45.2 Å². The standard InChI is InChI=1S/C19H25N3O4/c1-3-26-16(24)8-7-15(23)22-11-9-19(10-12-22)20-17-13(2)5-4-6-14(17)18(25)21-19/h4-6,20H,3,7-12H2,1-2H3,(H,21,25). The lowest BCUT2D eigenvalue weighted by molar-refractivity contribution is -0.146. The number of amides is 2. The summed E-state index contributed by atoms with van der Waals surface area (Å²) in [5.41, 5.74) is 2.04. The van der Waals surface area contributed by atoms with Gasteiger partial charge in [0.15, 0.2) is 0 Å². The molecule has 1 aromatic carbocycles. The Balaban J connectivity index is 1.60. The number of nitrogens with one attached hydrogen (secondary N) is 2. The van der Waals surface area contributed by atoms with E-state index in [4.69, 9.17) is 4.74 Å². The van der Waals surface area contributed by atoms with Gasteiger partial charge in [0.25, 0.3) is 5.91 Å². The molecule has 3 rings (SSSR count). The number of esters is 1. The number of ether oxygens (including phenoxy) is 1. The Morgan fingerprint density at radius 2 is 1.92 bits per heavy atom. The molecule has 0 atom stereocenters. The second kappa shape index (κ2) is 7.35. The van der Waals surface area contributed by atoms with E-state index in [9.17, 15) is 14.4 Å². The third-order valence-corrected chi connectivity index (χ3v) is 5.05. The van der Waals surface area contributed by atoms with Crippen LogP contribution in [0.3, 0.4) is 0 Å². The Kier molecular flexibility index (Phi) is 5.15.